The molecule has 0 spiro atoms. The lowest BCUT2D eigenvalue weighted by molar-refractivity contribution is 0.103. The maximum atomic E-state index is 12.1. The van der Waals surface area contributed by atoms with E-state index in [2.05, 4.69) is 26.7 Å². The minimum atomic E-state index is -0.313. The predicted molar refractivity (Wildman–Crippen MR) is 78.0 cm³/mol. The number of hydrogen-bond acceptors (Lipinski definition) is 5. The molecule has 0 aliphatic heterocycles. The minimum absolute atomic E-state index is 0.226. The van der Waals surface area contributed by atoms with Gasteiger partial charge in [0.05, 0.1) is 16.4 Å². The Bertz CT molecular complexity index is 703. The van der Waals surface area contributed by atoms with Gasteiger partial charge < -0.3 is 10.4 Å². The average molecular weight is 308 g/mol. The van der Waals surface area contributed by atoms with Crippen molar-refractivity contribution in [3.05, 3.63) is 39.4 Å². The number of aryl methyl sites for hydroxylation is 1. The number of aliphatic hydroxyl groups excluding tert-OH is 1. The summed E-state index contributed by atoms with van der Waals surface area (Å²) in [5.41, 5.74) is 1.67. The van der Waals surface area contributed by atoms with Crippen LogP contribution in [0.25, 0.3) is 0 Å². The Hall–Kier alpha value is -1.94. The number of carbonyl (C=O) groups is 1. The van der Waals surface area contributed by atoms with Crippen LogP contribution in [0.2, 0.25) is 5.02 Å². The van der Waals surface area contributed by atoms with Crippen LogP contribution in [-0.2, 0) is 0 Å². The number of aromatic nitrogens is 2. The van der Waals surface area contributed by atoms with Crippen LogP contribution in [0, 0.1) is 18.8 Å². The normalized spacial score (nSPS) is 9.75. The zero-order valence-corrected chi connectivity index (χ0v) is 12.0. The number of carbonyl (C=O) groups excluding carboxylic acids is 1. The second kappa shape index (κ2) is 6.48. The third kappa shape index (κ3) is 3.33. The van der Waals surface area contributed by atoms with E-state index < -0.39 is 0 Å². The van der Waals surface area contributed by atoms with Crippen LogP contribution < -0.4 is 5.32 Å². The van der Waals surface area contributed by atoms with Crippen molar-refractivity contribution in [2.24, 2.45) is 0 Å². The van der Waals surface area contributed by atoms with E-state index in [-0.39, 0.29) is 12.5 Å². The molecule has 0 saturated carbocycles. The van der Waals surface area contributed by atoms with Gasteiger partial charge in [-0.1, -0.05) is 27.9 Å². The fourth-order valence-electron chi connectivity index (χ4n) is 1.46. The number of aliphatic hydroxyl groups is 1. The first kappa shape index (κ1) is 14.5. The molecule has 7 heteroatoms. The number of nitrogens with one attached hydrogen (secondary N) is 1. The molecule has 0 unspecified atom stereocenters. The minimum Gasteiger partial charge on any atom is -0.384 e. The van der Waals surface area contributed by atoms with Gasteiger partial charge in [-0.3, -0.25) is 4.79 Å². The molecule has 5 nitrogen and oxygen atoms in total. The smallest absolute Gasteiger partial charge is 0.269 e. The van der Waals surface area contributed by atoms with Crippen molar-refractivity contribution in [1.29, 1.82) is 0 Å². The summed E-state index contributed by atoms with van der Waals surface area (Å²) in [5.74, 6) is 4.97. The molecule has 0 atom stereocenters. The van der Waals surface area contributed by atoms with Gasteiger partial charge in [0.1, 0.15) is 11.5 Å². The van der Waals surface area contributed by atoms with Gasteiger partial charge in [-0.15, -0.1) is 5.10 Å². The second-order valence-corrected chi connectivity index (χ2v) is 4.96. The van der Waals surface area contributed by atoms with Gasteiger partial charge in [-0.25, -0.2) is 0 Å². The van der Waals surface area contributed by atoms with Crippen molar-refractivity contribution in [2.45, 2.75) is 6.92 Å². The molecule has 0 bridgehead atoms. The van der Waals surface area contributed by atoms with Gasteiger partial charge in [0.25, 0.3) is 5.91 Å². The van der Waals surface area contributed by atoms with Crippen molar-refractivity contribution in [1.82, 2.24) is 9.59 Å². The summed E-state index contributed by atoms with van der Waals surface area (Å²) >= 11 is 7.06. The summed E-state index contributed by atoms with van der Waals surface area (Å²) in [6.45, 7) is 1.49. The number of rotatable bonds is 2. The quantitative estimate of drug-likeness (QED) is 0.833. The van der Waals surface area contributed by atoms with Gasteiger partial charge in [0.2, 0.25) is 0 Å². The summed E-state index contributed by atoms with van der Waals surface area (Å²) < 4.78 is 3.71. The lowest BCUT2D eigenvalue weighted by Gasteiger charge is -2.06. The number of benzene rings is 1. The molecule has 0 aliphatic rings. The molecular formula is C13H10ClN3O2S. The Morgan fingerprint density at radius 2 is 2.35 bits per heavy atom. The van der Waals surface area contributed by atoms with E-state index >= 15 is 0 Å². The molecule has 0 aliphatic carbocycles. The molecule has 1 heterocycles. The lowest BCUT2D eigenvalue weighted by atomic mass is 10.2. The number of anilines is 1. The van der Waals surface area contributed by atoms with Gasteiger partial charge in [-0.2, -0.15) is 0 Å². The van der Waals surface area contributed by atoms with Crippen LogP contribution in [0.5, 0.6) is 0 Å². The Balaban J connectivity index is 2.25. The second-order valence-electron chi connectivity index (χ2n) is 3.80. The van der Waals surface area contributed by atoms with Crippen molar-refractivity contribution >= 4 is 34.7 Å². The fourth-order valence-corrected chi connectivity index (χ4v) is 2.18. The van der Waals surface area contributed by atoms with Crippen LogP contribution in [0.3, 0.4) is 0 Å². The third-order valence-electron chi connectivity index (χ3n) is 2.38. The highest BCUT2D eigenvalue weighted by atomic mass is 35.5. The molecular weight excluding hydrogens is 298 g/mol. The van der Waals surface area contributed by atoms with Crippen molar-refractivity contribution < 1.29 is 9.90 Å². The van der Waals surface area contributed by atoms with E-state index in [1.807, 2.05) is 0 Å². The zero-order valence-electron chi connectivity index (χ0n) is 10.5. The molecule has 2 rings (SSSR count). The van der Waals surface area contributed by atoms with Crippen LogP contribution in [0.15, 0.2) is 18.2 Å². The molecule has 102 valence electrons. The molecule has 1 amide bonds. The summed E-state index contributed by atoms with van der Waals surface area (Å²) in [4.78, 5) is 12.5. The molecule has 2 aromatic rings. The van der Waals surface area contributed by atoms with E-state index in [9.17, 15) is 4.79 Å². The summed E-state index contributed by atoms with van der Waals surface area (Å²) in [7, 11) is 0. The molecule has 0 saturated heterocycles. The molecule has 0 radical (unpaired) electrons. The SMILES string of the molecule is Cc1nnsc1C(=O)Nc1cc(C#CCO)ccc1Cl. The number of halogens is 1. The van der Waals surface area contributed by atoms with Crippen molar-refractivity contribution in [3.8, 4) is 11.8 Å². The maximum absolute atomic E-state index is 12.1. The largest absolute Gasteiger partial charge is 0.384 e. The molecule has 20 heavy (non-hydrogen) atoms. The molecule has 0 fully saturated rings. The average Bonchev–Trinajstić information content (AvgIpc) is 2.86. The first-order chi connectivity index (χ1) is 9.61. The highest BCUT2D eigenvalue weighted by Crippen LogP contribution is 2.24. The summed E-state index contributed by atoms with van der Waals surface area (Å²) in [6.07, 6.45) is 0. The standard InChI is InChI=1S/C13H10ClN3O2S/c1-8-12(20-17-16-8)13(19)15-11-7-9(3-2-6-18)4-5-10(11)14/h4-5,7,18H,6H2,1H3,(H,15,19). The number of amides is 1. The van der Waals surface area contributed by atoms with Crippen molar-refractivity contribution in [2.75, 3.05) is 11.9 Å². The highest BCUT2D eigenvalue weighted by Gasteiger charge is 2.14. The first-order valence-corrected chi connectivity index (χ1v) is 6.76. The van der Waals surface area contributed by atoms with E-state index in [4.69, 9.17) is 16.7 Å². The van der Waals surface area contributed by atoms with E-state index in [1.54, 1.807) is 25.1 Å². The van der Waals surface area contributed by atoms with E-state index in [0.29, 0.717) is 26.8 Å². The highest BCUT2D eigenvalue weighted by molar-refractivity contribution is 7.08. The topological polar surface area (TPSA) is 75.1 Å². The zero-order chi connectivity index (χ0) is 14.5. The van der Waals surface area contributed by atoms with E-state index in [0.717, 1.165) is 11.5 Å². The monoisotopic (exact) mass is 307 g/mol. The lowest BCUT2D eigenvalue weighted by Crippen LogP contribution is -2.12. The van der Waals surface area contributed by atoms with Crippen LogP contribution in [0.4, 0.5) is 5.69 Å². The third-order valence-corrected chi connectivity index (χ3v) is 3.54. The maximum Gasteiger partial charge on any atom is 0.269 e. The van der Waals surface area contributed by atoms with Gasteiger partial charge in [0.15, 0.2) is 0 Å². The van der Waals surface area contributed by atoms with Crippen LogP contribution >= 0.6 is 23.1 Å². The summed E-state index contributed by atoms with van der Waals surface area (Å²) in [5, 5.41) is 15.6. The molecule has 2 N–H and O–H groups in total. The Kier molecular flexibility index (Phi) is 4.69. The first-order valence-electron chi connectivity index (χ1n) is 5.61. The van der Waals surface area contributed by atoms with E-state index in [1.165, 1.54) is 0 Å². The predicted octanol–water partition coefficient (Wildman–Crippen LogP) is 2.10. The van der Waals surface area contributed by atoms with Gasteiger partial charge in [-0.05, 0) is 36.7 Å². The molecule has 1 aromatic heterocycles. The Labute approximate surface area is 124 Å². The van der Waals surface area contributed by atoms with Gasteiger partial charge in [0, 0.05) is 5.56 Å². The fraction of sp³-hybridized carbons (Fsp3) is 0.154. The number of hydrogen-bond donors (Lipinski definition) is 2. The number of nitrogens with zero attached hydrogens (tertiary/aromatic N) is 2. The Morgan fingerprint density at radius 1 is 1.55 bits per heavy atom. The molecule has 1 aromatic carbocycles. The van der Waals surface area contributed by atoms with Gasteiger partial charge >= 0.3 is 0 Å². The van der Waals surface area contributed by atoms with Crippen LogP contribution in [0.1, 0.15) is 20.9 Å². The Morgan fingerprint density at radius 3 is 3.00 bits per heavy atom. The van der Waals surface area contributed by atoms with Crippen LogP contribution in [-0.4, -0.2) is 27.2 Å². The summed E-state index contributed by atoms with van der Waals surface area (Å²) in [6, 6.07) is 4.99. The van der Waals surface area contributed by atoms with Crippen molar-refractivity contribution in [3.63, 3.8) is 0 Å².